The average Bonchev–Trinajstić information content (AvgIpc) is 1.95. The molecule has 0 saturated carbocycles. The van der Waals surface area contributed by atoms with Crippen LogP contribution in [0.25, 0.3) is 0 Å². The summed E-state index contributed by atoms with van der Waals surface area (Å²) in [7, 11) is 0. The van der Waals surface area contributed by atoms with Crippen LogP contribution in [0.4, 0.5) is 0 Å². The number of hydrogen-bond donors (Lipinski definition) is 1. The molecule has 0 unspecified atom stereocenters. The maximum absolute atomic E-state index is 8.78. The average molecular weight is 236 g/mol. The van der Waals surface area contributed by atoms with Crippen molar-refractivity contribution >= 4 is 39.1 Å². The molecule has 0 aliphatic carbocycles. The van der Waals surface area contributed by atoms with Gasteiger partial charge in [-0.25, -0.2) is 0 Å². The molecule has 0 aliphatic heterocycles. The Hall–Kier alpha value is 1.02. The van der Waals surface area contributed by atoms with Crippen LogP contribution >= 0.6 is 39.1 Å². The van der Waals surface area contributed by atoms with Gasteiger partial charge in [0.15, 0.2) is 0 Å². The summed E-state index contributed by atoms with van der Waals surface area (Å²) in [6.45, 7) is 0.0330. The minimum Gasteiger partial charge on any atom is -0.396 e. The maximum Gasteiger partial charge on any atom is 0.0518 e. The first kappa shape index (κ1) is 10.0. The van der Waals surface area contributed by atoms with Crippen LogP contribution in [-0.2, 0) is 0 Å². The van der Waals surface area contributed by atoms with Crippen LogP contribution in [-0.4, -0.2) is 28.8 Å². The highest BCUT2D eigenvalue weighted by atomic mass is 79.9. The van der Waals surface area contributed by atoms with Gasteiger partial charge in [0.1, 0.15) is 0 Å². The molecule has 0 amide bonds. The van der Waals surface area contributed by atoms with E-state index in [1.807, 2.05) is 0 Å². The first-order valence-electron chi connectivity index (χ1n) is 2.53. The summed E-state index contributed by atoms with van der Waals surface area (Å²) >= 11 is 14.3. The Kier molecular flexibility index (Phi) is 5.32. The summed E-state index contributed by atoms with van der Waals surface area (Å²) in [5, 5.41) is 9.42. The molecule has 0 radical (unpaired) electrons. The predicted molar refractivity (Wildman–Crippen MR) is 44.8 cm³/mol. The summed E-state index contributed by atoms with van der Waals surface area (Å²) in [5.74, 6) is 0.774. The molecular formula is C5H9BrCl2O. The second kappa shape index (κ2) is 4.78. The molecule has 0 rings (SSSR count). The fourth-order valence-corrected chi connectivity index (χ4v) is 1.91. The van der Waals surface area contributed by atoms with E-state index in [-0.39, 0.29) is 12.0 Å². The van der Waals surface area contributed by atoms with E-state index in [1.165, 1.54) is 0 Å². The molecule has 9 heavy (non-hydrogen) atoms. The standard InChI is InChI=1S/C5H9BrCl2O/c6-1-5(2-7,3-8)4-9/h9H,1-4H2. The van der Waals surface area contributed by atoms with Gasteiger partial charge in [-0.1, -0.05) is 15.9 Å². The van der Waals surface area contributed by atoms with Gasteiger partial charge in [0.25, 0.3) is 0 Å². The zero-order chi connectivity index (χ0) is 7.33. The summed E-state index contributed by atoms with van der Waals surface area (Å²) < 4.78 is 0. The fourth-order valence-electron chi connectivity index (χ4n) is 0.234. The van der Waals surface area contributed by atoms with Crippen molar-refractivity contribution in [2.45, 2.75) is 0 Å². The topological polar surface area (TPSA) is 20.2 Å². The third kappa shape index (κ3) is 2.62. The van der Waals surface area contributed by atoms with Gasteiger partial charge in [0.2, 0.25) is 0 Å². The van der Waals surface area contributed by atoms with Crippen LogP contribution in [0.2, 0.25) is 0 Å². The van der Waals surface area contributed by atoms with Gasteiger partial charge in [0.05, 0.1) is 6.61 Å². The number of hydrogen-bond acceptors (Lipinski definition) is 1. The van der Waals surface area contributed by atoms with Crippen molar-refractivity contribution in [1.82, 2.24) is 0 Å². The van der Waals surface area contributed by atoms with Gasteiger partial charge in [-0.15, -0.1) is 23.2 Å². The lowest BCUT2D eigenvalue weighted by atomic mass is 9.98. The highest BCUT2D eigenvalue weighted by Crippen LogP contribution is 2.22. The second-order valence-corrected chi connectivity index (χ2v) is 3.15. The lowest BCUT2D eigenvalue weighted by molar-refractivity contribution is 0.187. The van der Waals surface area contributed by atoms with E-state index in [4.69, 9.17) is 28.3 Å². The molecule has 0 heterocycles. The van der Waals surface area contributed by atoms with Crippen LogP contribution in [0.5, 0.6) is 0 Å². The molecule has 4 heteroatoms. The van der Waals surface area contributed by atoms with Crippen molar-refractivity contribution in [3.05, 3.63) is 0 Å². The molecule has 0 saturated heterocycles. The lowest BCUT2D eigenvalue weighted by Gasteiger charge is -2.23. The van der Waals surface area contributed by atoms with Gasteiger partial charge in [-0.2, -0.15) is 0 Å². The van der Waals surface area contributed by atoms with Gasteiger partial charge in [-0.05, 0) is 0 Å². The van der Waals surface area contributed by atoms with Gasteiger partial charge in [-0.3, -0.25) is 0 Å². The van der Waals surface area contributed by atoms with E-state index >= 15 is 0 Å². The number of halogens is 3. The molecule has 1 nitrogen and oxygen atoms in total. The van der Waals surface area contributed by atoms with Crippen LogP contribution in [0.15, 0.2) is 0 Å². The summed E-state index contributed by atoms with van der Waals surface area (Å²) in [4.78, 5) is 0. The highest BCUT2D eigenvalue weighted by Gasteiger charge is 2.25. The quantitative estimate of drug-likeness (QED) is 0.738. The molecule has 56 valence electrons. The van der Waals surface area contributed by atoms with E-state index in [2.05, 4.69) is 15.9 Å². The largest absolute Gasteiger partial charge is 0.396 e. The molecule has 0 fully saturated rings. The van der Waals surface area contributed by atoms with Crippen LogP contribution in [0.1, 0.15) is 0 Å². The first-order chi connectivity index (χ1) is 4.24. The van der Waals surface area contributed by atoms with Gasteiger partial charge in [0, 0.05) is 22.5 Å². The number of alkyl halides is 3. The Morgan fingerprint density at radius 1 is 1.33 bits per heavy atom. The lowest BCUT2D eigenvalue weighted by Crippen LogP contribution is -2.31. The van der Waals surface area contributed by atoms with Crippen molar-refractivity contribution in [2.75, 3.05) is 23.7 Å². The van der Waals surface area contributed by atoms with Crippen molar-refractivity contribution in [1.29, 1.82) is 0 Å². The molecular weight excluding hydrogens is 227 g/mol. The van der Waals surface area contributed by atoms with E-state index in [0.29, 0.717) is 17.1 Å². The number of aliphatic hydroxyl groups is 1. The van der Waals surface area contributed by atoms with Crippen LogP contribution < -0.4 is 0 Å². The molecule has 0 atom stereocenters. The summed E-state index contributed by atoms with van der Waals surface area (Å²) in [6.07, 6.45) is 0. The van der Waals surface area contributed by atoms with E-state index in [0.717, 1.165) is 0 Å². The monoisotopic (exact) mass is 234 g/mol. The molecule has 0 aliphatic rings. The molecule has 0 bridgehead atoms. The third-order valence-electron chi connectivity index (χ3n) is 1.19. The normalized spacial score (nSPS) is 12.0. The molecule has 0 aromatic heterocycles. The van der Waals surface area contributed by atoms with Crippen LogP contribution in [0.3, 0.4) is 0 Å². The van der Waals surface area contributed by atoms with Crippen molar-refractivity contribution in [3.8, 4) is 0 Å². The second-order valence-electron chi connectivity index (χ2n) is 2.06. The SMILES string of the molecule is OCC(CCl)(CCl)CBr. The first-order valence-corrected chi connectivity index (χ1v) is 4.72. The smallest absolute Gasteiger partial charge is 0.0518 e. The van der Waals surface area contributed by atoms with Crippen molar-refractivity contribution in [3.63, 3.8) is 0 Å². The Balaban J connectivity index is 3.82. The Morgan fingerprint density at radius 2 is 1.78 bits per heavy atom. The predicted octanol–water partition coefficient (Wildman–Crippen LogP) is 1.84. The van der Waals surface area contributed by atoms with Crippen molar-refractivity contribution < 1.29 is 5.11 Å². The zero-order valence-electron chi connectivity index (χ0n) is 4.91. The molecule has 0 aromatic rings. The van der Waals surface area contributed by atoms with Crippen molar-refractivity contribution in [2.24, 2.45) is 5.41 Å². The number of rotatable bonds is 4. The maximum atomic E-state index is 8.78. The molecule has 0 spiro atoms. The highest BCUT2D eigenvalue weighted by molar-refractivity contribution is 9.09. The summed E-state index contributed by atoms with van der Waals surface area (Å²) in [6, 6.07) is 0. The Morgan fingerprint density at radius 3 is 1.78 bits per heavy atom. The van der Waals surface area contributed by atoms with E-state index in [1.54, 1.807) is 0 Å². The fraction of sp³-hybridized carbons (Fsp3) is 1.00. The minimum atomic E-state index is -0.330. The Labute approximate surface area is 73.5 Å². The minimum absolute atomic E-state index is 0.0330. The number of aliphatic hydroxyl groups excluding tert-OH is 1. The Bertz CT molecular complexity index is 57.8. The molecule has 0 aromatic carbocycles. The molecule has 1 N–H and O–H groups in total. The van der Waals surface area contributed by atoms with Gasteiger partial charge < -0.3 is 5.11 Å². The zero-order valence-corrected chi connectivity index (χ0v) is 8.01. The summed E-state index contributed by atoms with van der Waals surface area (Å²) in [5.41, 5.74) is -0.330. The third-order valence-corrected chi connectivity index (χ3v) is 3.51. The van der Waals surface area contributed by atoms with E-state index < -0.39 is 0 Å². The van der Waals surface area contributed by atoms with Gasteiger partial charge >= 0.3 is 0 Å². The van der Waals surface area contributed by atoms with E-state index in [9.17, 15) is 0 Å². The van der Waals surface area contributed by atoms with Crippen LogP contribution in [0, 0.1) is 5.41 Å².